The summed E-state index contributed by atoms with van der Waals surface area (Å²) in [4.78, 5) is 23.8. The normalized spacial score (nSPS) is 19.7. The van der Waals surface area contributed by atoms with Crippen molar-refractivity contribution in [1.29, 1.82) is 0 Å². The molecule has 0 unspecified atom stereocenters. The van der Waals surface area contributed by atoms with Crippen molar-refractivity contribution in [1.82, 2.24) is 0 Å². The number of benzene rings is 2. The minimum Gasteiger partial charge on any atom is -0.507 e. The topological polar surface area (TPSA) is 63.6 Å². The Bertz CT molecular complexity index is 804. The van der Waals surface area contributed by atoms with Crippen molar-refractivity contribution in [2.24, 2.45) is 0 Å². The molecule has 1 aliphatic heterocycles. The number of rotatable bonds is 2. The first kappa shape index (κ1) is 15.3. The number of hydrogen-bond acceptors (Lipinski definition) is 4. The van der Waals surface area contributed by atoms with Crippen LogP contribution in [0, 0.1) is 6.92 Å². The van der Waals surface area contributed by atoms with Crippen LogP contribution in [-0.2, 0) is 14.3 Å². The van der Waals surface area contributed by atoms with Crippen LogP contribution < -0.4 is 0 Å². The van der Waals surface area contributed by atoms with Crippen LogP contribution in [0.4, 0.5) is 0 Å². The number of aryl methyl sites for hydroxylation is 1. The van der Waals surface area contributed by atoms with Gasteiger partial charge >= 0.3 is 5.97 Å². The van der Waals surface area contributed by atoms with Gasteiger partial charge in [0.1, 0.15) is 5.76 Å². The van der Waals surface area contributed by atoms with Gasteiger partial charge in [-0.2, -0.15) is 0 Å². The van der Waals surface area contributed by atoms with Crippen molar-refractivity contribution >= 4 is 29.1 Å². The van der Waals surface area contributed by atoms with Gasteiger partial charge in [0, 0.05) is 10.6 Å². The maximum atomic E-state index is 12.1. The van der Waals surface area contributed by atoms with Crippen LogP contribution in [0.5, 0.6) is 0 Å². The Morgan fingerprint density at radius 1 is 1.04 bits per heavy atom. The Morgan fingerprint density at radius 3 is 2.26 bits per heavy atom. The van der Waals surface area contributed by atoms with E-state index in [9.17, 15) is 14.7 Å². The monoisotopic (exact) mass is 328 g/mol. The summed E-state index contributed by atoms with van der Waals surface area (Å²) in [5, 5.41) is 11.0. The number of carbonyl (C=O) groups excluding carboxylic acids is 2. The minimum atomic E-state index is -0.974. The molecule has 0 bridgehead atoms. The number of esters is 1. The van der Waals surface area contributed by atoms with Gasteiger partial charge in [0.15, 0.2) is 6.10 Å². The molecular weight excluding hydrogens is 316 g/mol. The molecule has 5 heteroatoms. The van der Waals surface area contributed by atoms with Gasteiger partial charge < -0.3 is 9.84 Å². The fraction of sp³-hybridized carbons (Fsp3) is 0.111. The van der Waals surface area contributed by atoms with E-state index >= 15 is 0 Å². The molecule has 23 heavy (non-hydrogen) atoms. The van der Waals surface area contributed by atoms with Gasteiger partial charge in [-0.3, -0.25) is 4.79 Å². The van der Waals surface area contributed by atoms with E-state index in [0.717, 1.165) is 5.56 Å². The van der Waals surface area contributed by atoms with Crippen molar-refractivity contribution < 1.29 is 19.4 Å². The minimum absolute atomic E-state index is 0.0545. The van der Waals surface area contributed by atoms with E-state index in [1.165, 1.54) is 0 Å². The highest BCUT2D eigenvalue weighted by Crippen LogP contribution is 2.37. The average Bonchev–Trinajstić information content (AvgIpc) is 2.84. The van der Waals surface area contributed by atoms with E-state index in [2.05, 4.69) is 0 Å². The molecule has 1 heterocycles. The zero-order chi connectivity index (χ0) is 16.6. The number of cyclic esters (lactones) is 1. The van der Waals surface area contributed by atoms with Crippen LogP contribution in [0.2, 0.25) is 5.02 Å². The number of halogens is 1. The molecule has 1 atom stereocenters. The van der Waals surface area contributed by atoms with Crippen molar-refractivity contribution in [2.45, 2.75) is 13.0 Å². The van der Waals surface area contributed by atoms with Gasteiger partial charge in [-0.15, -0.1) is 0 Å². The van der Waals surface area contributed by atoms with Crippen molar-refractivity contribution in [2.75, 3.05) is 0 Å². The predicted octanol–water partition coefficient (Wildman–Crippen LogP) is 3.78. The molecule has 0 aliphatic carbocycles. The van der Waals surface area contributed by atoms with Crippen LogP contribution in [0.15, 0.2) is 54.1 Å². The second-order valence-electron chi connectivity index (χ2n) is 5.29. The Balaban J connectivity index is 2.10. The molecular formula is C18H13ClO4. The number of ketones is 1. The highest BCUT2D eigenvalue weighted by Gasteiger charge is 2.42. The lowest BCUT2D eigenvalue weighted by Gasteiger charge is -2.12. The highest BCUT2D eigenvalue weighted by atomic mass is 35.5. The number of ether oxygens (including phenoxy) is 1. The average molecular weight is 329 g/mol. The quantitative estimate of drug-likeness (QED) is 0.394. The van der Waals surface area contributed by atoms with Crippen LogP contribution >= 0.6 is 11.6 Å². The Kier molecular flexibility index (Phi) is 3.92. The molecule has 1 N–H and O–H groups in total. The number of carbonyl (C=O) groups is 2. The highest BCUT2D eigenvalue weighted by molar-refractivity contribution is 6.44. The molecule has 0 spiro atoms. The number of Topliss-reactive ketones (excluding diaryl/α,β-unsaturated/α-hetero) is 1. The fourth-order valence-electron chi connectivity index (χ4n) is 2.42. The Labute approximate surface area is 138 Å². The van der Waals surface area contributed by atoms with Gasteiger partial charge in [0.25, 0.3) is 5.78 Å². The summed E-state index contributed by atoms with van der Waals surface area (Å²) in [5.41, 5.74) is 1.99. The van der Waals surface area contributed by atoms with Gasteiger partial charge in [0.05, 0.1) is 5.57 Å². The molecule has 2 aromatic rings. The number of aliphatic hydroxyl groups excluding tert-OH is 1. The lowest BCUT2D eigenvalue weighted by molar-refractivity contribution is -0.149. The Hall–Kier alpha value is -2.59. The number of hydrogen-bond donors (Lipinski definition) is 1. The number of aliphatic hydroxyl groups is 1. The molecule has 1 aliphatic rings. The largest absolute Gasteiger partial charge is 0.507 e. The molecule has 4 nitrogen and oxygen atoms in total. The Morgan fingerprint density at radius 2 is 1.65 bits per heavy atom. The van der Waals surface area contributed by atoms with Crippen molar-refractivity contribution in [3.05, 3.63) is 75.8 Å². The maximum absolute atomic E-state index is 12.1. The molecule has 2 aromatic carbocycles. The first-order chi connectivity index (χ1) is 11.0. The third-order valence-corrected chi connectivity index (χ3v) is 3.92. The van der Waals surface area contributed by atoms with Gasteiger partial charge in [-0.25, -0.2) is 4.79 Å². The third kappa shape index (κ3) is 2.85. The van der Waals surface area contributed by atoms with Crippen molar-refractivity contribution in [3.63, 3.8) is 0 Å². The second kappa shape index (κ2) is 5.89. The zero-order valence-corrected chi connectivity index (χ0v) is 13.0. The van der Waals surface area contributed by atoms with Crippen molar-refractivity contribution in [3.8, 4) is 0 Å². The molecule has 3 rings (SSSR count). The first-order valence-corrected chi connectivity index (χ1v) is 7.36. The summed E-state index contributed by atoms with van der Waals surface area (Å²) in [6, 6.07) is 13.6. The first-order valence-electron chi connectivity index (χ1n) is 6.98. The summed E-state index contributed by atoms with van der Waals surface area (Å²) in [6.07, 6.45) is -0.937. The van der Waals surface area contributed by atoms with Crippen LogP contribution in [0.1, 0.15) is 22.8 Å². The predicted molar refractivity (Wildman–Crippen MR) is 86.0 cm³/mol. The van der Waals surface area contributed by atoms with E-state index in [1.807, 2.05) is 19.1 Å². The van der Waals surface area contributed by atoms with Gasteiger partial charge in [0.2, 0.25) is 0 Å². The summed E-state index contributed by atoms with van der Waals surface area (Å²) in [6.45, 7) is 1.91. The summed E-state index contributed by atoms with van der Waals surface area (Å²) in [5.74, 6) is -2.05. The fourth-order valence-corrected chi connectivity index (χ4v) is 2.55. The SMILES string of the molecule is Cc1ccc(/C(O)=C2\C(=O)C(=O)O[C@H]2c2ccc(Cl)cc2)cc1. The summed E-state index contributed by atoms with van der Waals surface area (Å²) in [7, 11) is 0. The van der Waals surface area contributed by atoms with Crippen LogP contribution in [-0.4, -0.2) is 16.9 Å². The second-order valence-corrected chi connectivity index (χ2v) is 5.73. The van der Waals surface area contributed by atoms with E-state index in [-0.39, 0.29) is 11.3 Å². The molecule has 0 amide bonds. The van der Waals surface area contributed by atoms with E-state index in [0.29, 0.717) is 16.1 Å². The third-order valence-electron chi connectivity index (χ3n) is 3.67. The van der Waals surface area contributed by atoms with E-state index < -0.39 is 17.9 Å². The molecule has 0 aromatic heterocycles. The molecule has 1 fully saturated rings. The lowest BCUT2D eigenvalue weighted by atomic mass is 9.96. The zero-order valence-electron chi connectivity index (χ0n) is 12.2. The molecule has 0 saturated carbocycles. The lowest BCUT2D eigenvalue weighted by Crippen LogP contribution is -2.08. The molecule has 1 saturated heterocycles. The van der Waals surface area contributed by atoms with Crippen LogP contribution in [0.3, 0.4) is 0 Å². The van der Waals surface area contributed by atoms with Gasteiger partial charge in [-0.1, -0.05) is 53.6 Å². The van der Waals surface area contributed by atoms with E-state index in [1.54, 1.807) is 36.4 Å². The summed E-state index contributed by atoms with van der Waals surface area (Å²) >= 11 is 5.85. The summed E-state index contributed by atoms with van der Waals surface area (Å²) < 4.78 is 5.13. The molecule has 0 radical (unpaired) electrons. The van der Waals surface area contributed by atoms with E-state index in [4.69, 9.17) is 16.3 Å². The van der Waals surface area contributed by atoms with Gasteiger partial charge in [-0.05, 0) is 24.6 Å². The standard InChI is InChI=1S/C18H13ClO4/c1-10-2-4-11(5-3-10)15(20)14-16(21)18(22)23-17(14)12-6-8-13(19)9-7-12/h2-9,17,20H,1H3/b15-14-/t17-/m0/s1. The van der Waals surface area contributed by atoms with Crippen LogP contribution in [0.25, 0.3) is 5.76 Å². The maximum Gasteiger partial charge on any atom is 0.380 e. The smallest absolute Gasteiger partial charge is 0.380 e. The molecule has 116 valence electrons.